The number of hydrogen-bond donors (Lipinski definition) is 2. The Morgan fingerprint density at radius 2 is 1.90 bits per heavy atom. The highest BCUT2D eigenvalue weighted by molar-refractivity contribution is 6.62. The molecule has 0 radical (unpaired) electrons. The quantitative estimate of drug-likeness (QED) is 0.534. The second-order valence-corrected chi connectivity index (χ2v) is 7.35. The molecule has 158 valence electrons. The van der Waals surface area contributed by atoms with Crippen LogP contribution >= 0.6 is 0 Å². The molecule has 30 heavy (non-hydrogen) atoms. The number of benzene rings is 2. The summed E-state index contributed by atoms with van der Waals surface area (Å²) in [6, 6.07) is 10.7. The lowest BCUT2D eigenvalue weighted by atomic mass is 9.74. The summed E-state index contributed by atoms with van der Waals surface area (Å²) in [6.45, 7) is 3.44. The van der Waals surface area contributed by atoms with Gasteiger partial charge in [-0.25, -0.2) is 13.6 Å². The maximum absolute atomic E-state index is 13.7. The van der Waals surface area contributed by atoms with Gasteiger partial charge in [-0.1, -0.05) is 50.2 Å². The molecule has 0 fully saturated rings. The van der Waals surface area contributed by atoms with Gasteiger partial charge in [0.05, 0.1) is 6.61 Å². The summed E-state index contributed by atoms with van der Waals surface area (Å²) in [4.78, 5) is 25.3. The fourth-order valence-electron chi connectivity index (χ4n) is 3.32. The maximum Gasteiger partial charge on any atom is 0.492 e. The van der Waals surface area contributed by atoms with Gasteiger partial charge in [0.2, 0.25) is 0 Å². The Balaban J connectivity index is 1.79. The third-order valence-corrected chi connectivity index (χ3v) is 4.92. The number of rotatable bonds is 7. The standard InChI is InChI=1S/C21H22BF2NO5/c1-12(2)18(21(27)29-10-13-6-4-3-5-7-13)25-20(26)15-9-8-14-11-30-22(28)17(14)16(15)19(23)24/h3-9,12,18-19,28H,10-11H2,1-2H3,(H,25,26)/t18-/m0/s1. The summed E-state index contributed by atoms with van der Waals surface area (Å²) in [5.41, 5.74) is 0.194. The fourth-order valence-corrected chi connectivity index (χ4v) is 3.32. The number of nitrogens with one attached hydrogen (secondary N) is 1. The van der Waals surface area contributed by atoms with Crippen molar-refractivity contribution in [1.82, 2.24) is 5.32 Å². The van der Waals surface area contributed by atoms with E-state index in [4.69, 9.17) is 9.39 Å². The van der Waals surface area contributed by atoms with Crippen molar-refractivity contribution in [2.75, 3.05) is 0 Å². The summed E-state index contributed by atoms with van der Waals surface area (Å²) < 4.78 is 37.8. The molecule has 1 amide bonds. The molecule has 2 aromatic carbocycles. The van der Waals surface area contributed by atoms with Crippen molar-refractivity contribution in [3.63, 3.8) is 0 Å². The van der Waals surface area contributed by atoms with Crippen molar-refractivity contribution in [2.45, 2.75) is 39.5 Å². The molecule has 1 aliphatic heterocycles. The Kier molecular flexibility index (Phi) is 6.84. The SMILES string of the molecule is CC(C)[C@H](NC(=O)c1ccc2c(c1C(F)F)B(O)OC2)C(=O)OCc1ccccc1. The maximum atomic E-state index is 13.7. The number of hydrogen-bond acceptors (Lipinski definition) is 5. The molecule has 0 saturated carbocycles. The van der Waals surface area contributed by atoms with Crippen molar-refractivity contribution in [3.05, 3.63) is 64.7 Å². The van der Waals surface area contributed by atoms with E-state index in [2.05, 4.69) is 5.32 Å². The molecule has 0 saturated heterocycles. The van der Waals surface area contributed by atoms with Gasteiger partial charge in [0.1, 0.15) is 12.6 Å². The Morgan fingerprint density at radius 1 is 1.20 bits per heavy atom. The van der Waals surface area contributed by atoms with Crippen LogP contribution in [0.15, 0.2) is 42.5 Å². The summed E-state index contributed by atoms with van der Waals surface area (Å²) >= 11 is 0. The first-order valence-corrected chi connectivity index (χ1v) is 9.54. The number of alkyl halides is 2. The van der Waals surface area contributed by atoms with E-state index in [0.717, 1.165) is 5.56 Å². The topological polar surface area (TPSA) is 84.9 Å². The second-order valence-electron chi connectivity index (χ2n) is 7.35. The van der Waals surface area contributed by atoms with Crippen LogP contribution in [0.5, 0.6) is 0 Å². The van der Waals surface area contributed by atoms with Crippen LogP contribution in [0.25, 0.3) is 0 Å². The molecule has 0 aliphatic carbocycles. The minimum absolute atomic E-state index is 0.0153. The number of ether oxygens (including phenoxy) is 1. The van der Waals surface area contributed by atoms with E-state index in [-0.39, 0.29) is 30.2 Å². The van der Waals surface area contributed by atoms with Gasteiger partial charge in [-0.15, -0.1) is 0 Å². The molecule has 6 nitrogen and oxygen atoms in total. The predicted molar refractivity (Wildman–Crippen MR) is 106 cm³/mol. The Hall–Kier alpha value is -2.78. The fraction of sp³-hybridized carbons (Fsp3) is 0.333. The monoisotopic (exact) mass is 417 g/mol. The smallest absolute Gasteiger partial charge is 0.459 e. The zero-order valence-corrected chi connectivity index (χ0v) is 16.6. The highest BCUT2D eigenvalue weighted by Gasteiger charge is 2.36. The lowest BCUT2D eigenvalue weighted by Crippen LogP contribution is -2.46. The molecule has 1 atom stereocenters. The van der Waals surface area contributed by atoms with Crippen molar-refractivity contribution in [3.8, 4) is 0 Å². The number of carbonyl (C=O) groups excluding carboxylic acids is 2. The van der Waals surface area contributed by atoms with E-state index in [1.807, 2.05) is 18.2 Å². The number of esters is 1. The van der Waals surface area contributed by atoms with Crippen LogP contribution in [0.4, 0.5) is 8.78 Å². The van der Waals surface area contributed by atoms with Crippen molar-refractivity contribution < 1.29 is 32.8 Å². The van der Waals surface area contributed by atoms with Gasteiger partial charge in [0, 0.05) is 11.1 Å². The lowest BCUT2D eigenvalue weighted by Gasteiger charge is -2.22. The van der Waals surface area contributed by atoms with E-state index in [1.165, 1.54) is 12.1 Å². The van der Waals surface area contributed by atoms with Gasteiger partial charge in [0.25, 0.3) is 12.3 Å². The summed E-state index contributed by atoms with van der Waals surface area (Å²) in [6.07, 6.45) is -3.00. The Bertz CT molecular complexity index is 923. The zero-order chi connectivity index (χ0) is 21.8. The molecule has 2 N–H and O–H groups in total. The van der Waals surface area contributed by atoms with E-state index < -0.39 is 37.0 Å². The minimum atomic E-state index is -3.00. The Morgan fingerprint density at radius 3 is 2.53 bits per heavy atom. The normalized spacial score (nSPS) is 14.0. The van der Waals surface area contributed by atoms with Crippen LogP contribution in [-0.2, 0) is 27.4 Å². The van der Waals surface area contributed by atoms with Crippen LogP contribution in [-0.4, -0.2) is 30.1 Å². The summed E-state index contributed by atoms with van der Waals surface area (Å²) in [5.74, 6) is -1.84. The molecular weight excluding hydrogens is 395 g/mol. The molecule has 2 aromatic rings. The molecule has 0 aromatic heterocycles. The highest BCUT2D eigenvalue weighted by atomic mass is 19.3. The minimum Gasteiger partial charge on any atom is -0.459 e. The van der Waals surface area contributed by atoms with Gasteiger partial charge in [0.15, 0.2) is 0 Å². The third-order valence-electron chi connectivity index (χ3n) is 4.92. The van der Waals surface area contributed by atoms with Crippen molar-refractivity contribution in [2.24, 2.45) is 5.92 Å². The first-order valence-electron chi connectivity index (χ1n) is 9.54. The van der Waals surface area contributed by atoms with Crippen LogP contribution < -0.4 is 10.8 Å². The molecule has 1 aliphatic rings. The number of amides is 1. The van der Waals surface area contributed by atoms with Gasteiger partial charge < -0.3 is 19.7 Å². The molecule has 0 unspecified atom stereocenters. The van der Waals surface area contributed by atoms with Crippen LogP contribution in [0, 0.1) is 5.92 Å². The molecule has 0 bridgehead atoms. The van der Waals surface area contributed by atoms with E-state index in [1.54, 1.807) is 26.0 Å². The number of fused-ring (bicyclic) bond motifs is 1. The molecule has 9 heteroatoms. The van der Waals surface area contributed by atoms with Crippen LogP contribution in [0.1, 0.15) is 47.3 Å². The summed E-state index contributed by atoms with van der Waals surface area (Å²) in [7, 11) is -1.52. The van der Waals surface area contributed by atoms with E-state index in [0.29, 0.717) is 5.56 Å². The summed E-state index contributed by atoms with van der Waals surface area (Å²) in [5, 5.41) is 12.4. The predicted octanol–water partition coefficient (Wildman–Crippen LogP) is 2.34. The van der Waals surface area contributed by atoms with Crippen molar-refractivity contribution >= 4 is 24.5 Å². The van der Waals surface area contributed by atoms with Gasteiger partial charge in [-0.3, -0.25) is 4.79 Å². The largest absolute Gasteiger partial charge is 0.492 e. The van der Waals surface area contributed by atoms with Gasteiger partial charge in [-0.2, -0.15) is 0 Å². The van der Waals surface area contributed by atoms with E-state index >= 15 is 0 Å². The average Bonchev–Trinajstić information content (AvgIpc) is 3.10. The van der Waals surface area contributed by atoms with Crippen LogP contribution in [0.2, 0.25) is 0 Å². The third kappa shape index (κ3) is 4.68. The van der Waals surface area contributed by atoms with Crippen LogP contribution in [0.3, 0.4) is 0 Å². The molecule has 3 rings (SSSR count). The average molecular weight is 417 g/mol. The number of carbonyl (C=O) groups is 2. The number of halogens is 2. The first kappa shape index (κ1) is 21.9. The Labute approximate surface area is 173 Å². The first-order chi connectivity index (χ1) is 14.3. The lowest BCUT2D eigenvalue weighted by molar-refractivity contribution is -0.148. The van der Waals surface area contributed by atoms with E-state index in [9.17, 15) is 23.4 Å². The molecular formula is C21H22BF2NO5. The van der Waals surface area contributed by atoms with Gasteiger partial charge >= 0.3 is 13.1 Å². The van der Waals surface area contributed by atoms with Crippen molar-refractivity contribution in [1.29, 1.82) is 0 Å². The molecule has 1 heterocycles. The highest BCUT2D eigenvalue weighted by Crippen LogP contribution is 2.26. The zero-order valence-electron chi connectivity index (χ0n) is 16.6. The second kappa shape index (κ2) is 9.36. The molecule has 0 spiro atoms. The van der Waals surface area contributed by atoms with Gasteiger partial charge in [-0.05, 0) is 28.6 Å².